The van der Waals surface area contributed by atoms with Gasteiger partial charge in [-0.05, 0) is 44.6 Å². The molecule has 0 aliphatic carbocycles. The van der Waals surface area contributed by atoms with Gasteiger partial charge >= 0.3 is 5.82 Å². The molecule has 132 valence electrons. The highest BCUT2D eigenvalue weighted by Crippen LogP contribution is 2.34. The molecule has 0 spiro atoms. The Kier molecular flexibility index (Phi) is 4.58. The first kappa shape index (κ1) is 16.9. The zero-order valence-corrected chi connectivity index (χ0v) is 14.4. The average molecular weight is 335 g/mol. The van der Waals surface area contributed by atoms with E-state index < -0.39 is 4.92 Å². The van der Waals surface area contributed by atoms with Crippen LogP contribution in [-0.4, -0.2) is 50.7 Å². The highest BCUT2D eigenvalue weighted by atomic mass is 16.6. The molecule has 2 aliphatic heterocycles. The van der Waals surface area contributed by atoms with Crippen molar-refractivity contribution in [2.75, 3.05) is 7.05 Å². The van der Waals surface area contributed by atoms with Crippen molar-refractivity contribution in [1.82, 2.24) is 20.0 Å². The number of carbonyl (C=O) groups is 1. The lowest BCUT2D eigenvalue weighted by atomic mass is 9.97. The number of piperidine rings is 1. The Morgan fingerprint density at radius 1 is 1.46 bits per heavy atom. The molecular formula is C16H25N5O3. The molecule has 1 aromatic heterocycles. The van der Waals surface area contributed by atoms with Crippen molar-refractivity contribution < 1.29 is 9.72 Å². The van der Waals surface area contributed by atoms with Crippen LogP contribution in [0.2, 0.25) is 0 Å². The fourth-order valence-corrected chi connectivity index (χ4v) is 3.98. The highest BCUT2D eigenvalue weighted by Gasteiger charge is 2.39. The molecule has 0 saturated carbocycles. The number of hydrogen-bond donors (Lipinski definition) is 1. The molecule has 2 aliphatic rings. The van der Waals surface area contributed by atoms with Crippen molar-refractivity contribution in [2.45, 2.75) is 64.2 Å². The van der Waals surface area contributed by atoms with E-state index in [0.29, 0.717) is 24.3 Å². The third-order valence-corrected chi connectivity index (χ3v) is 5.49. The second-order valence-electron chi connectivity index (χ2n) is 7.21. The van der Waals surface area contributed by atoms with E-state index >= 15 is 0 Å². The molecule has 8 nitrogen and oxygen atoms in total. The van der Waals surface area contributed by atoms with Gasteiger partial charge in [0.2, 0.25) is 5.91 Å². The lowest BCUT2D eigenvalue weighted by molar-refractivity contribution is -0.389. The predicted molar refractivity (Wildman–Crippen MR) is 88.5 cm³/mol. The summed E-state index contributed by atoms with van der Waals surface area (Å²) in [6, 6.07) is 2.83. The minimum absolute atomic E-state index is 0.00139. The van der Waals surface area contributed by atoms with Gasteiger partial charge in [0.05, 0.1) is 29.3 Å². The minimum Gasteiger partial charge on any atom is -0.358 e. The third-order valence-electron chi connectivity index (χ3n) is 5.49. The van der Waals surface area contributed by atoms with Crippen LogP contribution in [0.1, 0.15) is 38.3 Å². The van der Waals surface area contributed by atoms with Gasteiger partial charge in [0.25, 0.3) is 0 Å². The van der Waals surface area contributed by atoms with Gasteiger partial charge in [-0.3, -0.25) is 4.79 Å². The second-order valence-corrected chi connectivity index (χ2v) is 7.21. The van der Waals surface area contributed by atoms with Crippen LogP contribution in [0.15, 0.2) is 6.07 Å². The lowest BCUT2D eigenvalue weighted by Gasteiger charge is -2.36. The van der Waals surface area contributed by atoms with Gasteiger partial charge in [-0.15, -0.1) is 0 Å². The van der Waals surface area contributed by atoms with Gasteiger partial charge in [0.1, 0.15) is 0 Å². The van der Waals surface area contributed by atoms with Crippen LogP contribution in [0, 0.1) is 23.0 Å². The number of aryl methyl sites for hydroxylation is 1. The maximum absolute atomic E-state index is 12.5. The van der Waals surface area contributed by atoms with Gasteiger partial charge in [0.15, 0.2) is 0 Å². The Hall–Kier alpha value is -1.96. The first-order chi connectivity index (χ1) is 11.3. The molecule has 3 heterocycles. The first-order valence-electron chi connectivity index (χ1n) is 8.56. The molecule has 2 saturated heterocycles. The van der Waals surface area contributed by atoms with Crippen LogP contribution in [-0.2, 0) is 11.3 Å². The van der Waals surface area contributed by atoms with E-state index in [-0.39, 0.29) is 23.7 Å². The molecule has 3 rings (SSSR count). The Bertz CT molecular complexity index is 630. The fraction of sp³-hybridized carbons (Fsp3) is 0.750. The maximum atomic E-state index is 12.5. The van der Waals surface area contributed by atoms with E-state index in [9.17, 15) is 14.9 Å². The highest BCUT2D eigenvalue weighted by molar-refractivity contribution is 5.78. The number of fused-ring (bicyclic) bond motifs is 2. The number of hydrogen-bond acceptors (Lipinski definition) is 5. The smallest absolute Gasteiger partial charge is 0.358 e. The molecule has 24 heavy (non-hydrogen) atoms. The first-order valence-corrected chi connectivity index (χ1v) is 8.56. The number of nitrogens with zero attached hydrogens (tertiary/aromatic N) is 4. The summed E-state index contributed by atoms with van der Waals surface area (Å²) in [5.74, 6) is -0.450. The predicted octanol–water partition coefficient (Wildman–Crippen LogP) is 1.48. The summed E-state index contributed by atoms with van der Waals surface area (Å²) < 4.78 is 1.54. The van der Waals surface area contributed by atoms with Crippen LogP contribution in [0.4, 0.5) is 5.82 Å². The number of nitrogens with one attached hydrogen (secondary N) is 1. The molecule has 0 aromatic carbocycles. The van der Waals surface area contributed by atoms with Crippen molar-refractivity contribution in [1.29, 1.82) is 0 Å². The Balaban J connectivity index is 1.56. The topological polar surface area (TPSA) is 93.3 Å². The van der Waals surface area contributed by atoms with Crippen molar-refractivity contribution in [2.24, 2.45) is 5.92 Å². The average Bonchev–Trinajstić information content (AvgIpc) is 2.96. The maximum Gasteiger partial charge on any atom is 0.390 e. The van der Waals surface area contributed by atoms with E-state index in [1.807, 2.05) is 6.92 Å². The molecule has 2 bridgehead atoms. The monoisotopic (exact) mass is 335 g/mol. The molecular weight excluding hydrogens is 310 g/mol. The summed E-state index contributed by atoms with van der Waals surface area (Å²) in [6.07, 6.45) is 4.47. The van der Waals surface area contributed by atoms with Gasteiger partial charge in [-0.25, -0.2) is 0 Å². The minimum atomic E-state index is -0.511. The molecule has 1 N–H and O–H groups in total. The van der Waals surface area contributed by atoms with Crippen molar-refractivity contribution in [3.63, 3.8) is 0 Å². The molecule has 8 heteroatoms. The number of aromatic nitrogens is 2. The summed E-state index contributed by atoms with van der Waals surface area (Å²) in [5.41, 5.74) is 0.693. The Morgan fingerprint density at radius 3 is 2.62 bits per heavy atom. The molecule has 2 fully saturated rings. The summed E-state index contributed by atoms with van der Waals surface area (Å²) in [7, 11) is 2.18. The van der Waals surface area contributed by atoms with Gasteiger partial charge < -0.3 is 20.3 Å². The molecule has 1 aromatic rings. The SMILES string of the molecule is Cc1cc([N+](=O)[O-])nn1CC(C)C(=O)NC1CC2CCC(C1)N2C. The largest absolute Gasteiger partial charge is 0.390 e. The van der Waals surface area contributed by atoms with E-state index in [0.717, 1.165) is 12.8 Å². The quantitative estimate of drug-likeness (QED) is 0.650. The van der Waals surface area contributed by atoms with E-state index in [1.54, 1.807) is 11.6 Å². The van der Waals surface area contributed by atoms with E-state index in [2.05, 4.69) is 22.4 Å². The number of amides is 1. The zero-order valence-electron chi connectivity index (χ0n) is 14.4. The zero-order chi connectivity index (χ0) is 17.4. The number of rotatable bonds is 5. The van der Waals surface area contributed by atoms with E-state index in [1.165, 1.54) is 18.9 Å². The van der Waals surface area contributed by atoms with Gasteiger partial charge in [-0.2, -0.15) is 4.68 Å². The fourth-order valence-electron chi connectivity index (χ4n) is 3.98. The Labute approximate surface area is 141 Å². The van der Waals surface area contributed by atoms with Crippen LogP contribution in [0.3, 0.4) is 0 Å². The van der Waals surface area contributed by atoms with Crippen LogP contribution >= 0.6 is 0 Å². The van der Waals surface area contributed by atoms with Crippen LogP contribution < -0.4 is 5.32 Å². The standard InChI is InChI=1S/C16H25N5O3/c1-10(9-20-11(2)6-15(18-20)21(23)24)16(22)17-12-7-13-4-5-14(8-12)19(13)3/h6,10,12-14H,4-5,7-9H2,1-3H3,(H,17,22). The molecule has 3 unspecified atom stereocenters. The van der Waals surface area contributed by atoms with Crippen molar-refractivity contribution in [3.05, 3.63) is 21.9 Å². The summed E-state index contributed by atoms with van der Waals surface area (Å²) >= 11 is 0. The molecule has 0 radical (unpaired) electrons. The number of carbonyl (C=O) groups excluding carboxylic acids is 1. The number of nitro groups is 1. The Morgan fingerprint density at radius 2 is 2.08 bits per heavy atom. The van der Waals surface area contributed by atoms with Gasteiger partial charge in [-0.1, -0.05) is 6.92 Å². The van der Waals surface area contributed by atoms with Crippen LogP contribution in [0.5, 0.6) is 0 Å². The van der Waals surface area contributed by atoms with Gasteiger partial charge in [0, 0.05) is 18.1 Å². The summed E-state index contributed by atoms with van der Waals surface area (Å²) in [4.78, 5) is 25.2. The molecule has 1 amide bonds. The van der Waals surface area contributed by atoms with E-state index in [4.69, 9.17) is 0 Å². The van der Waals surface area contributed by atoms with Crippen molar-refractivity contribution in [3.8, 4) is 0 Å². The van der Waals surface area contributed by atoms with Crippen molar-refractivity contribution >= 4 is 11.7 Å². The normalized spacial score (nSPS) is 27.9. The molecule has 3 atom stereocenters. The second kappa shape index (κ2) is 6.51. The summed E-state index contributed by atoms with van der Waals surface area (Å²) in [6.45, 7) is 3.95. The third kappa shape index (κ3) is 3.28. The lowest BCUT2D eigenvalue weighted by Crippen LogP contribution is -2.50. The van der Waals surface area contributed by atoms with Crippen LogP contribution in [0.25, 0.3) is 0 Å². The summed E-state index contributed by atoms with van der Waals surface area (Å²) in [5, 5.41) is 17.9.